The summed E-state index contributed by atoms with van der Waals surface area (Å²) in [6.45, 7) is 2.63. The van der Waals surface area contributed by atoms with Crippen LogP contribution in [0.4, 0.5) is 5.13 Å². The molecule has 0 atom stereocenters. The van der Waals surface area contributed by atoms with Gasteiger partial charge in [0.15, 0.2) is 11.0 Å². The van der Waals surface area contributed by atoms with Crippen molar-refractivity contribution in [2.24, 2.45) is 0 Å². The number of aromatic nitrogens is 5. The Bertz CT molecular complexity index is 721. The summed E-state index contributed by atoms with van der Waals surface area (Å²) >= 11 is 3.16. The summed E-state index contributed by atoms with van der Waals surface area (Å²) in [6, 6.07) is 10.1. The smallest absolute Gasteiger partial charge is 0.181 e. The SMILES string of the molecule is Cc1nc(N)sc1SCc1nnnn1Cc1ccccc1. The van der Waals surface area contributed by atoms with Crippen LogP contribution in [-0.4, -0.2) is 25.2 Å². The maximum absolute atomic E-state index is 5.71. The van der Waals surface area contributed by atoms with E-state index in [4.69, 9.17) is 5.73 Å². The molecule has 0 aliphatic heterocycles. The lowest BCUT2D eigenvalue weighted by atomic mass is 10.2. The number of hydrogen-bond donors (Lipinski definition) is 1. The molecule has 21 heavy (non-hydrogen) atoms. The number of anilines is 1. The van der Waals surface area contributed by atoms with Gasteiger partial charge < -0.3 is 5.73 Å². The molecule has 0 aliphatic carbocycles. The van der Waals surface area contributed by atoms with Crippen molar-refractivity contribution in [3.8, 4) is 0 Å². The Balaban J connectivity index is 1.69. The molecule has 3 aromatic rings. The first-order valence-corrected chi connectivity index (χ1v) is 8.17. The largest absolute Gasteiger partial charge is 0.375 e. The standard InChI is InChI=1S/C13H14N6S2/c1-9-12(21-13(14)15-9)20-8-11-16-17-18-19(11)7-10-5-3-2-4-6-10/h2-6H,7-8H2,1H3,(H2,14,15). The molecule has 1 aromatic carbocycles. The highest BCUT2D eigenvalue weighted by Gasteiger charge is 2.11. The normalized spacial score (nSPS) is 10.9. The van der Waals surface area contributed by atoms with Crippen molar-refractivity contribution in [2.75, 3.05) is 5.73 Å². The number of rotatable bonds is 5. The summed E-state index contributed by atoms with van der Waals surface area (Å²) in [5.74, 6) is 1.54. The third-order valence-electron chi connectivity index (χ3n) is 2.88. The third-order valence-corrected chi connectivity index (χ3v) is 5.23. The van der Waals surface area contributed by atoms with E-state index in [0.29, 0.717) is 17.4 Å². The predicted octanol–water partition coefficient (Wildman–Crippen LogP) is 2.36. The van der Waals surface area contributed by atoms with E-state index < -0.39 is 0 Å². The van der Waals surface area contributed by atoms with Crippen LogP contribution in [-0.2, 0) is 12.3 Å². The van der Waals surface area contributed by atoms with Gasteiger partial charge in [0, 0.05) is 0 Å². The zero-order valence-corrected chi connectivity index (χ0v) is 13.1. The monoisotopic (exact) mass is 318 g/mol. The van der Waals surface area contributed by atoms with Crippen molar-refractivity contribution in [3.05, 3.63) is 47.4 Å². The van der Waals surface area contributed by atoms with E-state index in [9.17, 15) is 0 Å². The van der Waals surface area contributed by atoms with Crippen molar-refractivity contribution >= 4 is 28.2 Å². The number of nitrogen functional groups attached to an aromatic ring is 1. The van der Waals surface area contributed by atoms with Crippen LogP contribution in [0.2, 0.25) is 0 Å². The Kier molecular flexibility index (Phi) is 4.16. The Morgan fingerprint density at radius 2 is 2.10 bits per heavy atom. The molecule has 2 aromatic heterocycles. The van der Waals surface area contributed by atoms with E-state index >= 15 is 0 Å². The van der Waals surface area contributed by atoms with E-state index in [1.165, 1.54) is 16.9 Å². The Morgan fingerprint density at radius 1 is 1.29 bits per heavy atom. The quantitative estimate of drug-likeness (QED) is 0.727. The number of aryl methyl sites for hydroxylation is 1. The minimum atomic E-state index is 0.596. The molecular formula is C13H14N6S2. The molecule has 2 N–H and O–H groups in total. The molecule has 108 valence electrons. The van der Waals surface area contributed by atoms with Crippen molar-refractivity contribution in [1.82, 2.24) is 25.2 Å². The van der Waals surface area contributed by atoms with Gasteiger partial charge in [0.05, 0.1) is 22.2 Å². The number of hydrogen-bond acceptors (Lipinski definition) is 7. The second kappa shape index (κ2) is 6.23. The van der Waals surface area contributed by atoms with Crippen molar-refractivity contribution in [3.63, 3.8) is 0 Å². The van der Waals surface area contributed by atoms with Gasteiger partial charge >= 0.3 is 0 Å². The van der Waals surface area contributed by atoms with Gasteiger partial charge in [-0.15, -0.1) is 16.9 Å². The van der Waals surface area contributed by atoms with E-state index in [0.717, 1.165) is 15.7 Å². The molecular weight excluding hydrogens is 304 g/mol. The van der Waals surface area contributed by atoms with Crippen LogP contribution in [0.3, 0.4) is 0 Å². The molecule has 0 saturated heterocycles. The molecule has 0 spiro atoms. The molecule has 3 rings (SSSR count). The van der Waals surface area contributed by atoms with E-state index in [2.05, 4.69) is 32.6 Å². The highest BCUT2D eigenvalue weighted by atomic mass is 32.2. The average Bonchev–Trinajstić information content (AvgIpc) is 3.04. The number of tetrazole rings is 1. The summed E-state index contributed by atoms with van der Waals surface area (Å²) in [7, 11) is 0. The second-order valence-corrected chi connectivity index (χ2v) is 6.73. The lowest BCUT2D eigenvalue weighted by Crippen LogP contribution is -2.06. The number of benzene rings is 1. The Morgan fingerprint density at radius 3 is 2.81 bits per heavy atom. The van der Waals surface area contributed by atoms with Gasteiger partial charge in [-0.1, -0.05) is 41.7 Å². The molecule has 0 amide bonds. The maximum Gasteiger partial charge on any atom is 0.181 e. The first-order valence-electron chi connectivity index (χ1n) is 6.37. The summed E-state index contributed by atoms with van der Waals surface area (Å²) < 4.78 is 2.93. The highest BCUT2D eigenvalue weighted by Crippen LogP contribution is 2.32. The van der Waals surface area contributed by atoms with Gasteiger partial charge in [0.25, 0.3) is 0 Å². The van der Waals surface area contributed by atoms with Gasteiger partial charge in [-0.3, -0.25) is 0 Å². The van der Waals surface area contributed by atoms with Gasteiger partial charge in [0.1, 0.15) is 0 Å². The number of nitrogens with two attached hydrogens (primary N) is 1. The second-order valence-electron chi connectivity index (χ2n) is 4.45. The number of nitrogens with zero attached hydrogens (tertiary/aromatic N) is 5. The van der Waals surface area contributed by atoms with Crippen LogP contribution in [0.5, 0.6) is 0 Å². The van der Waals surface area contributed by atoms with Gasteiger partial charge in [0.2, 0.25) is 0 Å². The van der Waals surface area contributed by atoms with Crippen LogP contribution in [0, 0.1) is 6.92 Å². The molecule has 2 heterocycles. The van der Waals surface area contributed by atoms with Crippen LogP contribution in [0.1, 0.15) is 17.1 Å². The summed E-state index contributed by atoms with van der Waals surface area (Å²) in [4.78, 5) is 4.22. The zero-order chi connectivity index (χ0) is 14.7. The lowest BCUT2D eigenvalue weighted by molar-refractivity contribution is 0.631. The molecule has 0 fully saturated rings. The number of thiazole rings is 1. The lowest BCUT2D eigenvalue weighted by Gasteiger charge is -2.04. The molecule has 6 nitrogen and oxygen atoms in total. The Labute approximate surface area is 130 Å². The summed E-state index contributed by atoms with van der Waals surface area (Å²) in [5.41, 5.74) is 7.85. The fourth-order valence-corrected chi connectivity index (χ4v) is 3.83. The Hall–Kier alpha value is -1.93. The fraction of sp³-hybridized carbons (Fsp3) is 0.231. The predicted molar refractivity (Wildman–Crippen MR) is 84.2 cm³/mol. The molecule has 0 saturated carbocycles. The van der Waals surface area contributed by atoms with Crippen LogP contribution < -0.4 is 5.73 Å². The van der Waals surface area contributed by atoms with E-state index in [-0.39, 0.29) is 0 Å². The van der Waals surface area contributed by atoms with Crippen molar-refractivity contribution in [2.45, 2.75) is 23.4 Å². The molecule has 8 heteroatoms. The molecule has 0 unspecified atom stereocenters. The summed E-state index contributed by atoms with van der Waals surface area (Å²) in [6.07, 6.45) is 0. The molecule has 0 bridgehead atoms. The van der Waals surface area contributed by atoms with Crippen LogP contribution in [0.25, 0.3) is 0 Å². The van der Waals surface area contributed by atoms with Crippen LogP contribution >= 0.6 is 23.1 Å². The molecule has 0 aliphatic rings. The first-order chi connectivity index (χ1) is 10.2. The van der Waals surface area contributed by atoms with Crippen molar-refractivity contribution in [1.29, 1.82) is 0 Å². The maximum atomic E-state index is 5.71. The van der Waals surface area contributed by atoms with Gasteiger partial charge in [-0.2, -0.15) is 0 Å². The van der Waals surface area contributed by atoms with Gasteiger partial charge in [-0.25, -0.2) is 9.67 Å². The minimum absolute atomic E-state index is 0.596. The number of thioether (sulfide) groups is 1. The van der Waals surface area contributed by atoms with Crippen molar-refractivity contribution < 1.29 is 0 Å². The average molecular weight is 318 g/mol. The third kappa shape index (κ3) is 3.40. The fourth-order valence-electron chi connectivity index (χ4n) is 1.87. The minimum Gasteiger partial charge on any atom is -0.375 e. The first kappa shape index (κ1) is 14.0. The van der Waals surface area contributed by atoms with Gasteiger partial charge in [-0.05, 0) is 22.9 Å². The topological polar surface area (TPSA) is 82.5 Å². The molecule has 0 radical (unpaired) electrons. The summed E-state index contributed by atoms with van der Waals surface area (Å²) in [5, 5.41) is 12.5. The van der Waals surface area contributed by atoms with Crippen LogP contribution in [0.15, 0.2) is 34.5 Å². The zero-order valence-electron chi connectivity index (χ0n) is 11.4. The highest BCUT2D eigenvalue weighted by molar-refractivity contribution is 8.00. The van der Waals surface area contributed by atoms with E-state index in [1.54, 1.807) is 11.8 Å². The van der Waals surface area contributed by atoms with E-state index in [1.807, 2.05) is 29.8 Å².